The van der Waals surface area contributed by atoms with Crippen LogP contribution in [0.4, 0.5) is 4.39 Å². The van der Waals surface area contributed by atoms with Crippen molar-refractivity contribution in [1.82, 2.24) is 4.90 Å². The summed E-state index contributed by atoms with van der Waals surface area (Å²) in [6.07, 6.45) is 0.292. The van der Waals surface area contributed by atoms with Crippen LogP contribution < -0.4 is 0 Å². The minimum Gasteiger partial charge on any atom is -0.302 e. The zero-order chi connectivity index (χ0) is 14.8. The fourth-order valence-corrected chi connectivity index (χ4v) is 2.50. The van der Waals surface area contributed by atoms with Crippen LogP contribution in [-0.2, 0) is 16.6 Å². The van der Waals surface area contributed by atoms with Gasteiger partial charge in [-0.3, -0.25) is 4.79 Å². The molecule has 0 heterocycles. The highest BCUT2D eigenvalue weighted by Crippen LogP contribution is 2.29. The van der Waals surface area contributed by atoms with E-state index in [2.05, 4.69) is 0 Å². The molecular formula is C16H24FNO. The molecule has 0 aliphatic heterocycles. The van der Waals surface area contributed by atoms with Crippen molar-refractivity contribution >= 4 is 5.78 Å². The fourth-order valence-electron chi connectivity index (χ4n) is 2.50. The zero-order valence-electron chi connectivity index (χ0n) is 12.8. The lowest BCUT2D eigenvalue weighted by Crippen LogP contribution is -2.23. The van der Waals surface area contributed by atoms with Gasteiger partial charge >= 0.3 is 0 Å². The Hall–Kier alpha value is -1.22. The van der Waals surface area contributed by atoms with Gasteiger partial charge in [-0.15, -0.1) is 0 Å². The molecule has 1 aromatic rings. The molecule has 0 saturated heterocycles. The minimum atomic E-state index is -0.222. The SMILES string of the molecule is Cc1cc(CC(=O)CN(C)C)cc(F)c1C(C)(C)C. The molecule has 0 bridgehead atoms. The molecule has 0 radical (unpaired) electrons. The molecule has 0 aromatic heterocycles. The Morgan fingerprint density at radius 3 is 2.26 bits per heavy atom. The van der Waals surface area contributed by atoms with Gasteiger partial charge in [-0.05, 0) is 49.2 Å². The summed E-state index contributed by atoms with van der Waals surface area (Å²) in [5, 5.41) is 0. The van der Waals surface area contributed by atoms with Crippen molar-refractivity contribution in [1.29, 1.82) is 0 Å². The van der Waals surface area contributed by atoms with Gasteiger partial charge in [-0.25, -0.2) is 4.39 Å². The van der Waals surface area contributed by atoms with Crippen molar-refractivity contribution in [3.8, 4) is 0 Å². The van der Waals surface area contributed by atoms with E-state index in [1.54, 1.807) is 0 Å². The maximum Gasteiger partial charge on any atom is 0.151 e. The second-order valence-electron chi connectivity index (χ2n) is 6.47. The van der Waals surface area contributed by atoms with Gasteiger partial charge in [0.15, 0.2) is 5.78 Å². The van der Waals surface area contributed by atoms with Crippen LogP contribution in [0.5, 0.6) is 0 Å². The van der Waals surface area contributed by atoms with Gasteiger partial charge in [0.2, 0.25) is 0 Å². The summed E-state index contributed by atoms with van der Waals surface area (Å²) in [6, 6.07) is 3.43. The second kappa shape index (κ2) is 5.83. The van der Waals surface area contributed by atoms with Crippen LogP contribution in [0.1, 0.15) is 37.5 Å². The minimum absolute atomic E-state index is 0.104. The Morgan fingerprint density at radius 1 is 1.26 bits per heavy atom. The highest BCUT2D eigenvalue weighted by atomic mass is 19.1. The van der Waals surface area contributed by atoms with E-state index in [9.17, 15) is 9.18 Å². The van der Waals surface area contributed by atoms with E-state index in [1.165, 1.54) is 6.07 Å². The van der Waals surface area contributed by atoms with E-state index >= 15 is 0 Å². The van der Waals surface area contributed by atoms with Crippen LogP contribution >= 0.6 is 0 Å². The summed E-state index contributed by atoms with van der Waals surface area (Å²) >= 11 is 0. The number of carbonyl (C=O) groups excluding carboxylic acids is 1. The van der Waals surface area contributed by atoms with Gasteiger partial charge < -0.3 is 4.90 Å². The van der Waals surface area contributed by atoms with Crippen LogP contribution in [0.15, 0.2) is 12.1 Å². The molecular weight excluding hydrogens is 241 g/mol. The predicted molar refractivity (Wildman–Crippen MR) is 77.1 cm³/mol. The summed E-state index contributed by atoms with van der Waals surface area (Å²) in [4.78, 5) is 13.6. The number of hydrogen-bond acceptors (Lipinski definition) is 2. The molecule has 0 fully saturated rings. The number of halogens is 1. The van der Waals surface area contributed by atoms with Gasteiger partial charge in [-0.2, -0.15) is 0 Å². The monoisotopic (exact) mass is 265 g/mol. The van der Waals surface area contributed by atoms with Crippen molar-refractivity contribution in [2.45, 2.75) is 39.5 Å². The van der Waals surface area contributed by atoms with E-state index in [-0.39, 0.29) is 17.0 Å². The lowest BCUT2D eigenvalue weighted by Gasteiger charge is -2.23. The molecule has 0 atom stereocenters. The smallest absolute Gasteiger partial charge is 0.151 e. The largest absolute Gasteiger partial charge is 0.302 e. The number of hydrogen-bond donors (Lipinski definition) is 0. The molecule has 0 spiro atoms. The molecule has 0 amide bonds. The number of Topliss-reactive ketones (excluding diaryl/α,β-unsaturated/α-hetero) is 1. The normalized spacial score (nSPS) is 12.0. The standard InChI is InChI=1S/C16H24FNO/c1-11-7-12(8-13(19)10-18(5)6)9-14(17)15(11)16(2,3)4/h7,9H,8,10H2,1-6H3. The maximum absolute atomic E-state index is 14.2. The number of aryl methyl sites for hydroxylation is 1. The van der Waals surface area contributed by atoms with Crippen LogP contribution in [0.3, 0.4) is 0 Å². The molecule has 0 saturated carbocycles. The third-order valence-electron chi connectivity index (χ3n) is 2.99. The van der Waals surface area contributed by atoms with Crippen LogP contribution in [0.25, 0.3) is 0 Å². The maximum atomic E-state index is 14.2. The summed E-state index contributed by atoms with van der Waals surface area (Å²) < 4.78 is 14.2. The molecule has 0 aliphatic carbocycles. The molecule has 0 unspecified atom stereocenters. The first-order valence-electron chi connectivity index (χ1n) is 6.57. The number of rotatable bonds is 4. The first-order valence-corrected chi connectivity index (χ1v) is 6.57. The Bertz CT molecular complexity index is 449. The van der Waals surface area contributed by atoms with Crippen molar-refractivity contribution in [2.75, 3.05) is 20.6 Å². The van der Waals surface area contributed by atoms with Crippen LogP contribution in [0.2, 0.25) is 0 Å². The number of benzene rings is 1. The summed E-state index contributed by atoms with van der Waals surface area (Å²) in [5.41, 5.74) is 2.19. The highest BCUT2D eigenvalue weighted by molar-refractivity contribution is 5.82. The molecule has 0 N–H and O–H groups in total. The van der Waals surface area contributed by atoms with Crippen molar-refractivity contribution in [2.24, 2.45) is 0 Å². The summed E-state index contributed by atoms with van der Waals surface area (Å²) in [6.45, 7) is 8.28. The molecule has 106 valence electrons. The van der Waals surface area contributed by atoms with Gasteiger partial charge in [0.05, 0.1) is 6.54 Å². The third-order valence-corrected chi connectivity index (χ3v) is 2.99. The van der Waals surface area contributed by atoms with E-state index < -0.39 is 0 Å². The molecule has 3 heteroatoms. The van der Waals surface area contributed by atoms with Crippen LogP contribution in [0, 0.1) is 12.7 Å². The Labute approximate surface area is 115 Å². The van der Waals surface area contributed by atoms with Crippen molar-refractivity contribution in [3.05, 3.63) is 34.6 Å². The van der Waals surface area contributed by atoms with E-state index in [4.69, 9.17) is 0 Å². The average Bonchev–Trinajstić information content (AvgIpc) is 2.10. The number of nitrogens with zero attached hydrogens (tertiary/aromatic N) is 1. The average molecular weight is 265 g/mol. The molecule has 19 heavy (non-hydrogen) atoms. The Morgan fingerprint density at radius 2 is 1.84 bits per heavy atom. The molecule has 0 aliphatic rings. The number of likely N-dealkylation sites (N-methyl/N-ethyl adjacent to an activating group) is 1. The van der Waals surface area contributed by atoms with Gasteiger partial charge in [-0.1, -0.05) is 26.8 Å². The lowest BCUT2D eigenvalue weighted by molar-refractivity contribution is -0.119. The fraction of sp³-hybridized carbons (Fsp3) is 0.562. The Kier molecular flexibility index (Phi) is 4.86. The molecule has 1 rings (SSSR count). The van der Waals surface area contributed by atoms with Crippen molar-refractivity contribution < 1.29 is 9.18 Å². The highest BCUT2D eigenvalue weighted by Gasteiger charge is 2.21. The molecule has 1 aromatic carbocycles. The number of ketones is 1. The van der Waals surface area contributed by atoms with Gasteiger partial charge in [0.25, 0.3) is 0 Å². The van der Waals surface area contributed by atoms with Gasteiger partial charge in [0.1, 0.15) is 5.82 Å². The Balaban J connectivity index is 2.99. The lowest BCUT2D eigenvalue weighted by atomic mass is 9.82. The van der Waals surface area contributed by atoms with E-state index in [1.807, 2.05) is 52.8 Å². The second-order valence-corrected chi connectivity index (χ2v) is 6.47. The first-order chi connectivity index (χ1) is 8.61. The predicted octanol–water partition coefficient (Wildman–Crippen LogP) is 3.10. The summed E-state index contributed by atoms with van der Waals surface area (Å²) in [7, 11) is 3.71. The zero-order valence-corrected chi connectivity index (χ0v) is 12.8. The van der Waals surface area contributed by atoms with Crippen LogP contribution in [-0.4, -0.2) is 31.3 Å². The molecule has 2 nitrogen and oxygen atoms in total. The third kappa shape index (κ3) is 4.43. The summed E-state index contributed by atoms with van der Waals surface area (Å²) in [5.74, 6) is -0.104. The van der Waals surface area contributed by atoms with Crippen molar-refractivity contribution in [3.63, 3.8) is 0 Å². The quantitative estimate of drug-likeness (QED) is 0.833. The first kappa shape index (κ1) is 15.8. The number of carbonyl (C=O) groups is 1. The van der Waals surface area contributed by atoms with E-state index in [0.29, 0.717) is 13.0 Å². The van der Waals surface area contributed by atoms with E-state index in [0.717, 1.165) is 16.7 Å². The van der Waals surface area contributed by atoms with Gasteiger partial charge in [0, 0.05) is 6.42 Å². The topological polar surface area (TPSA) is 20.3 Å².